The minimum absolute atomic E-state index is 0.260. The van der Waals surface area contributed by atoms with Crippen LogP contribution in [0.4, 0.5) is 4.39 Å². The first kappa shape index (κ1) is 23.0. The molecule has 4 aromatic heterocycles. The number of nitrogens with one attached hydrogen (secondary N) is 2. The maximum absolute atomic E-state index is 14.3. The Kier molecular flexibility index (Phi) is 5.71. The molecule has 0 radical (unpaired) electrons. The first-order chi connectivity index (χ1) is 18.0. The molecule has 4 N–H and O–H groups in total. The number of hydrogen-bond acceptors (Lipinski definition) is 6. The van der Waals surface area contributed by atoms with Gasteiger partial charge in [-0.05, 0) is 67.2 Å². The molecule has 2 aromatic carbocycles. The van der Waals surface area contributed by atoms with E-state index in [0.717, 1.165) is 62.0 Å². The summed E-state index contributed by atoms with van der Waals surface area (Å²) in [5, 5.41) is 8.32. The van der Waals surface area contributed by atoms with E-state index in [-0.39, 0.29) is 12.4 Å². The zero-order chi connectivity index (χ0) is 25.5. The van der Waals surface area contributed by atoms with Crippen molar-refractivity contribution in [2.75, 3.05) is 14.1 Å². The highest BCUT2D eigenvalue weighted by atomic mass is 19.1. The fourth-order valence-electron chi connectivity index (χ4n) is 4.64. The van der Waals surface area contributed by atoms with Crippen LogP contribution in [0, 0.1) is 5.82 Å². The number of rotatable bonds is 6. The zero-order valence-electron chi connectivity index (χ0n) is 20.5. The summed E-state index contributed by atoms with van der Waals surface area (Å²) < 4.78 is 14.3. The number of para-hydroxylation sites is 1. The summed E-state index contributed by atoms with van der Waals surface area (Å²) in [6, 6.07) is 14.8. The highest BCUT2D eigenvalue weighted by Gasteiger charge is 2.17. The van der Waals surface area contributed by atoms with Crippen molar-refractivity contribution < 1.29 is 4.39 Å². The monoisotopic (exact) mass is 492 g/mol. The van der Waals surface area contributed by atoms with Crippen molar-refractivity contribution in [3.63, 3.8) is 0 Å². The van der Waals surface area contributed by atoms with E-state index in [2.05, 4.69) is 36.1 Å². The normalized spacial score (nSPS) is 11.7. The van der Waals surface area contributed by atoms with Gasteiger partial charge in [0.2, 0.25) is 0 Å². The summed E-state index contributed by atoms with van der Waals surface area (Å²) >= 11 is 0. The molecule has 8 nitrogen and oxygen atoms in total. The quantitative estimate of drug-likeness (QED) is 0.305. The molecular formula is C28H25FN8. The largest absolute Gasteiger partial charge is 0.337 e. The van der Waals surface area contributed by atoms with Gasteiger partial charge in [0.1, 0.15) is 11.5 Å². The number of pyridine rings is 2. The molecule has 37 heavy (non-hydrogen) atoms. The molecule has 4 heterocycles. The van der Waals surface area contributed by atoms with Crippen LogP contribution in [0.3, 0.4) is 0 Å². The van der Waals surface area contributed by atoms with Crippen molar-refractivity contribution in [2.24, 2.45) is 5.73 Å². The van der Waals surface area contributed by atoms with E-state index in [4.69, 9.17) is 10.7 Å². The fraction of sp³-hybridized carbons (Fsp3) is 0.143. The number of aromatic nitrogens is 6. The molecule has 184 valence electrons. The van der Waals surface area contributed by atoms with Crippen LogP contribution in [0.2, 0.25) is 0 Å². The Hall–Kier alpha value is -4.47. The number of aromatic amines is 2. The second-order valence-electron chi connectivity index (χ2n) is 9.35. The van der Waals surface area contributed by atoms with E-state index in [0.29, 0.717) is 11.5 Å². The molecule has 6 aromatic rings. The minimum atomic E-state index is -0.326. The predicted molar refractivity (Wildman–Crippen MR) is 143 cm³/mol. The van der Waals surface area contributed by atoms with Gasteiger partial charge >= 0.3 is 0 Å². The second-order valence-corrected chi connectivity index (χ2v) is 9.35. The van der Waals surface area contributed by atoms with E-state index < -0.39 is 0 Å². The highest BCUT2D eigenvalue weighted by Crippen LogP contribution is 2.33. The molecule has 0 aliphatic rings. The molecule has 6 rings (SSSR count). The summed E-state index contributed by atoms with van der Waals surface area (Å²) in [6.45, 7) is 1.06. The van der Waals surface area contributed by atoms with Gasteiger partial charge in [0, 0.05) is 48.4 Å². The van der Waals surface area contributed by atoms with Gasteiger partial charge in [0.25, 0.3) is 0 Å². The topological polar surface area (TPSA) is 112 Å². The van der Waals surface area contributed by atoms with Crippen LogP contribution in [0.5, 0.6) is 0 Å². The molecule has 0 aliphatic carbocycles. The summed E-state index contributed by atoms with van der Waals surface area (Å²) in [5.74, 6) is 0.298. The summed E-state index contributed by atoms with van der Waals surface area (Å²) in [5.41, 5.74) is 14.0. The van der Waals surface area contributed by atoms with Crippen molar-refractivity contribution in [1.82, 2.24) is 35.0 Å². The number of H-pyrrole nitrogens is 2. The Bertz CT molecular complexity index is 1750. The van der Waals surface area contributed by atoms with Crippen LogP contribution in [-0.2, 0) is 13.1 Å². The molecule has 0 amide bonds. The molecule has 0 spiro atoms. The Morgan fingerprint density at radius 2 is 1.78 bits per heavy atom. The van der Waals surface area contributed by atoms with Crippen molar-refractivity contribution in [3.05, 3.63) is 84.1 Å². The van der Waals surface area contributed by atoms with Crippen LogP contribution < -0.4 is 5.73 Å². The lowest BCUT2D eigenvalue weighted by Gasteiger charge is -2.10. The number of fused-ring (bicyclic) bond motifs is 2. The van der Waals surface area contributed by atoms with Gasteiger partial charge in [-0.15, -0.1) is 0 Å². The van der Waals surface area contributed by atoms with Crippen molar-refractivity contribution >= 4 is 22.1 Å². The van der Waals surface area contributed by atoms with Crippen LogP contribution >= 0.6 is 0 Å². The van der Waals surface area contributed by atoms with Gasteiger partial charge in [-0.2, -0.15) is 5.10 Å². The first-order valence-electron chi connectivity index (χ1n) is 11.9. The van der Waals surface area contributed by atoms with Crippen LogP contribution in [0.25, 0.3) is 55.8 Å². The number of benzene rings is 2. The number of hydrogen-bond donors (Lipinski definition) is 3. The van der Waals surface area contributed by atoms with E-state index in [1.54, 1.807) is 6.20 Å². The third-order valence-electron chi connectivity index (χ3n) is 6.29. The summed E-state index contributed by atoms with van der Waals surface area (Å²) in [6.07, 6.45) is 5.52. The Labute approximate surface area is 212 Å². The van der Waals surface area contributed by atoms with Crippen LogP contribution in [-0.4, -0.2) is 49.1 Å². The third kappa shape index (κ3) is 4.35. The second kappa shape index (κ2) is 9.20. The Morgan fingerprint density at radius 1 is 0.946 bits per heavy atom. The molecule has 0 saturated heterocycles. The Morgan fingerprint density at radius 3 is 2.62 bits per heavy atom. The zero-order valence-corrected chi connectivity index (χ0v) is 20.5. The number of nitrogens with zero attached hydrogens (tertiary/aromatic N) is 5. The van der Waals surface area contributed by atoms with Gasteiger partial charge in [-0.3, -0.25) is 10.1 Å². The SMILES string of the molecule is CN(C)Cc1cncc(-c2cnc3n[nH]c(-c4nc5c(-c6cc(F)cc(CN)c6)cccc5[nH]4)c3c2)c1. The van der Waals surface area contributed by atoms with Crippen LogP contribution in [0.15, 0.2) is 67.1 Å². The smallest absolute Gasteiger partial charge is 0.181 e. The van der Waals surface area contributed by atoms with Gasteiger partial charge in [0.15, 0.2) is 11.5 Å². The molecule has 0 atom stereocenters. The molecular weight excluding hydrogens is 467 g/mol. The molecule has 9 heteroatoms. The van der Waals surface area contributed by atoms with E-state index in [1.807, 2.05) is 56.8 Å². The van der Waals surface area contributed by atoms with E-state index in [9.17, 15) is 4.39 Å². The molecule has 0 bridgehead atoms. The fourth-order valence-corrected chi connectivity index (χ4v) is 4.64. The standard InChI is InChI=1S/C28H25FN8/c1-37(2)15-17-7-19(13-31-12-17)20-10-23-26(35-36-27(23)32-14-20)28-33-24-5-3-4-22(25(24)34-28)18-6-16(11-30)8-21(29)9-18/h3-10,12-14H,11,15,30H2,1-2H3,(H,33,34)(H,32,35,36). The molecule has 0 aliphatic heterocycles. The van der Waals surface area contributed by atoms with E-state index in [1.165, 1.54) is 12.1 Å². The lowest BCUT2D eigenvalue weighted by atomic mass is 10.0. The summed E-state index contributed by atoms with van der Waals surface area (Å²) in [4.78, 5) is 19.4. The highest BCUT2D eigenvalue weighted by molar-refractivity contribution is 5.97. The first-order valence-corrected chi connectivity index (χ1v) is 11.9. The number of imidazole rings is 1. The van der Waals surface area contributed by atoms with Crippen molar-refractivity contribution in [1.29, 1.82) is 0 Å². The molecule has 0 saturated carbocycles. The minimum Gasteiger partial charge on any atom is -0.337 e. The average molecular weight is 493 g/mol. The number of halogens is 1. The third-order valence-corrected chi connectivity index (χ3v) is 6.29. The maximum atomic E-state index is 14.3. The number of nitrogens with two attached hydrogens (primary N) is 1. The summed E-state index contributed by atoms with van der Waals surface area (Å²) in [7, 11) is 4.06. The lowest BCUT2D eigenvalue weighted by Crippen LogP contribution is -2.10. The predicted octanol–water partition coefficient (Wildman–Crippen LogP) is 4.89. The van der Waals surface area contributed by atoms with Gasteiger partial charge < -0.3 is 15.6 Å². The van der Waals surface area contributed by atoms with Gasteiger partial charge in [-0.1, -0.05) is 12.1 Å². The average Bonchev–Trinajstić information content (AvgIpc) is 3.51. The maximum Gasteiger partial charge on any atom is 0.181 e. The lowest BCUT2D eigenvalue weighted by molar-refractivity contribution is 0.402. The van der Waals surface area contributed by atoms with Crippen LogP contribution in [0.1, 0.15) is 11.1 Å². The van der Waals surface area contributed by atoms with Gasteiger partial charge in [0.05, 0.1) is 16.4 Å². The molecule has 0 fully saturated rings. The van der Waals surface area contributed by atoms with Gasteiger partial charge in [-0.25, -0.2) is 14.4 Å². The Balaban J connectivity index is 1.45. The van der Waals surface area contributed by atoms with Crippen molar-refractivity contribution in [3.8, 4) is 33.8 Å². The van der Waals surface area contributed by atoms with Crippen molar-refractivity contribution in [2.45, 2.75) is 13.1 Å². The van der Waals surface area contributed by atoms with E-state index >= 15 is 0 Å². The molecule has 0 unspecified atom stereocenters.